The summed E-state index contributed by atoms with van der Waals surface area (Å²) in [5.41, 5.74) is 0.569. The summed E-state index contributed by atoms with van der Waals surface area (Å²) in [4.78, 5) is 12.7. The van der Waals surface area contributed by atoms with Crippen LogP contribution in [-0.2, 0) is 6.54 Å². The van der Waals surface area contributed by atoms with Crippen molar-refractivity contribution in [3.8, 4) is 11.5 Å². The van der Waals surface area contributed by atoms with Gasteiger partial charge in [-0.15, -0.1) is 16.8 Å². The molecule has 128 valence electrons. The quantitative estimate of drug-likeness (QED) is 0.415. The predicted molar refractivity (Wildman–Crippen MR) is 94.2 cm³/mol. The van der Waals surface area contributed by atoms with E-state index in [0.717, 1.165) is 5.82 Å². The summed E-state index contributed by atoms with van der Waals surface area (Å²) in [5, 5.41) is 8.60. The minimum absolute atomic E-state index is 0.00763. The molecule has 1 unspecified atom stereocenters. The molecule has 7 heteroatoms. The van der Waals surface area contributed by atoms with Crippen LogP contribution in [0, 0.1) is 6.92 Å². The Bertz CT molecular complexity index is 743. The van der Waals surface area contributed by atoms with Gasteiger partial charge in [0.25, 0.3) is 0 Å². The van der Waals surface area contributed by atoms with Crippen molar-refractivity contribution in [1.82, 2.24) is 14.8 Å². The molecule has 0 aliphatic rings. The second kappa shape index (κ2) is 8.01. The van der Waals surface area contributed by atoms with Crippen LogP contribution in [0.5, 0.6) is 11.5 Å². The molecular weight excluding hydrogens is 326 g/mol. The van der Waals surface area contributed by atoms with Crippen molar-refractivity contribution in [2.24, 2.45) is 0 Å². The van der Waals surface area contributed by atoms with E-state index in [1.807, 2.05) is 18.4 Å². The molecule has 1 atom stereocenters. The van der Waals surface area contributed by atoms with E-state index in [-0.39, 0.29) is 11.0 Å². The number of rotatable bonds is 8. The van der Waals surface area contributed by atoms with Gasteiger partial charge in [0, 0.05) is 12.1 Å². The van der Waals surface area contributed by atoms with Gasteiger partial charge in [-0.3, -0.25) is 4.79 Å². The Morgan fingerprint density at radius 1 is 1.33 bits per heavy atom. The maximum Gasteiger partial charge on any atom is 0.192 e. The number of benzene rings is 1. The van der Waals surface area contributed by atoms with Gasteiger partial charge in [-0.25, -0.2) is 0 Å². The van der Waals surface area contributed by atoms with Gasteiger partial charge in [-0.2, -0.15) is 0 Å². The van der Waals surface area contributed by atoms with E-state index in [9.17, 15) is 4.79 Å². The number of hydrogen-bond donors (Lipinski definition) is 0. The highest BCUT2D eigenvalue weighted by atomic mass is 32.2. The third-order valence-corrected chi connectivity index (χ3v) is 4.61. The fraction of sp³-hybridized carbons (Fsp3) is 0.353. The SMILES string of the molecule is C=CCn1c(C)nnc1SC(C)C(=O)c1ccc(OC)c(OC)c1. The molecule has 0 bridgehead atoms. The van der Waals surface area contributed by atoms with Gasteiger partial charge in [-0.1, -0.05) is 17.8 Å². The van der Waals surface area contributed by atoms with E-state index >= 15 is 0 Å². The summed E-state index contributed by atoms with van der Waals surface area (Å²) in [6.07, 6.45) is 1.78. The van der Waals surface area contributed by atoms with E-state index in [4.69, 9.17) is 9.47 Å². The Balaban J connectivity index is 2.19. The zero-order valence-corrected chi connectivity index (χ0v) is 15.1. The van der Waals surface area contributed by atoms with Crippen LogP contribution in [-0.4, -0.2) is 40.0 Å². The summed E-state index contributed by atoms with van der Waals surface area (Å²) in [7, 11) is 3.11. The van der Waals surface area contributed by atoms with E-state index in [2.05, 4.69) is 16.8 Å². The van der Waals surface area contributed by atoms with Gasteiger partial charge in [0.05, 0.1) is 19.5 Å². The summed E-state index contributed by atoms with van der Waals surface area (Å²) in [5.74, 6) is 1.91. The fourth-order valence-corrected chi connectivity index (χ4v) is 3.21. The molecule has 0 amide bonds. The molecule has 0 saturated carbocycles. The molecule has 0 radical (unpaired) electrons. The molecule has 0 N–H and O–H groups in total. The maximum absolute atomic E-state index is 12.7. The van der Waals surface area contributed by atoms with Crippen molar-refractivity contribution in [3.63, 3.8) is 0 Å². The van der Waals surface area contributed by atoms with E-state index < -0.39 is 0 Å². The molecular formula is C17H21N3O3S. The number of hydrogen-bond acceptors (Lipinski definition) is 6. The zero-order valence-electron chi connectivity index (χ0n) is 14.3. The lowest BCUT2D eigenvalue weighted by atomic mass is 10.1. The highest BCUT2D eigenvalue weighted by molar-refractivity contribution is 8.00. The van der Waals surface area contributed by atoms with Crippen molar-refractivity contribution in [1.29, 1.82) is 0 Å². The summed E-state index contributed by atoms with van der Waals surface area (Å²) < 4.78 is 12.4. The number of thioether (sulfide) groups is 1. The largest absolute Gasteiger partial charge is 0.493 e. The molecule has 1 aromatic carbocycles. The number of methoxy groups -OCH3 is 2. The van der Waals surface area contributed by atoms with E-state index in [1.165, 1.54) is 11.8 Å². The Kier molecular flexibility index (Phi) is 6.03. The molecule has 1 aromatic heterocycles. The van der Waals surface area contributed by atoms with E-state index in [0.29, 0.717) is 28.8 Å². The smallest absolute Gasteiger partial charge is 0.192 e. The molecule has 0 fully saturated rings. The topological polar surface area (TPSA) is 66.2 Å². The average molecular weight is 347 g/mol. The fourth-order valence-electron chi connectivity index (χ4n) is 2.22. The third-order valence-electron chi connectivity index (χ3n) is 3.53. The molecule has 24 heavy (non-hydrogen) atoms. The van der Waals surface area contributed by atoms with Crippen LogP contribution >= 0.6 is 11.8 Å². The van der Waals surface area contributed by atoms with Gasteiger partial charge < -0.3 is 14.0 Å². The van der Waals surface area contributed by atoms with Crippen LogP contribution in [0.25, 0.3) is 0 Å². The molecule has 2 aromatic rings. The Labute approximate surface area is 145 Å². The molecule has 6 nitrogen and oxygen atoms in total. The predicted octanol–water partition coefficient (Wildman–Crippen LogP) is 3.15. The standard InChI is InChI=1S/C17H21N3O3S/c1-6-9-20-12(3)18-19-17(20)24-11(2)16(21)13-7-8-14(22-4)15(10-13)23-5/h6-8,10-11H,1,9H2,2-5H3. The van der Waals surface area contributed by atoms with Crippen LogP contribution in [0.3, 0.4) is 0 Å². The van der Waals surface area contributed by atoms with Crippen molar-refractivity contribution in [2.75, 3.05) is 14.2 Å². The molecule has 0 aliphatic carbocycles. The highest BCUT2D eigenvalue weighted by Crippen LogP contribution is 2.30. The minimum atomic E-state index is -0.310. The Hall–Kier alpha value is -2.28. The van der Waals surface area contributed by atoms with Crippen molar-refractivity contribution >= 4 is 17.5 Å². The normalized spacial score (nSPS) is 11.8. The molecule has 2 rings (SSSR count). The number of aromatic nitrogens is 3. The molecule has 0 aliphatic heterocycles. The lowest BCUT2D eigenvalue weighted by molar-refractivity contribution is 0.0993. The van der Waals surface area contributed by atoms with Gasteiger partial charge in [0.2, 0.25) is 0 Å². The first kappa shape index (κ1) is 18.1. The number of carbonyl (C=O) groups excluding carboxylic acids is 1. The summed E-state index contributed by atoms with van der Waals surface area (Å²) in [6, 6.07) is 5.16. The maximum atomic E-state index is 12.7. The van der Waals surface area contributed by atoms with Crippen LogP contribution in [0.4, 0.5) is 0 Å². The van der Waals surface area contributed by atoms with Gasteiger partial charge in [-0.05, 0) is 32.0 Å². The Morgan fingerprint density at radius 2 is 2.04 bits per heavy atom. The first-order valence-electron chi connectivity index (χ1n) is 7.45. The lowest BCUT2D eigenvalue weighted by Crippen LogP contribution is -2.15. The van der Waals surface area contributed by atoms with Gasteiger partial charge in [0.1, 0.15) is 5.82 Å². The number of aryl methyl sites for hydroxylation is 1. The average Bonchev–Trinajstić information content (AvgIpc) is 2.94. The van der Waals surface area contributed by atoms with Gasteiger partial charge >= 0.3 is 0 Å². The molecule has 1 heterocycles. The van der Waals surface area contributed by atoms with E-state index in [1.54, 1.807) is 38.5 Å². The van der Waals surface area contributed by atoms with Crippen LogP contribution in [0.1, 0.15) is 23.1 Å². The van der Waals surface area contributed by atoms with Crippen LogP contribution in [0.2, 0.25) is 0 Å². The highest BCUT2D eigenvalue weighted by Gasteiger charge is 2.21. The number of Topliss-reactive ketones (excluding diaryl/α,β-unsaturated/α-hetero) is 1. The number of allylic oxidation sites excluding steroid dienone is 1. The van der Waals surface area contributed by atoms with Gasteiger partial charge in [0.15, 0.2) is 22.4 Å². The molecule has 0 spiro atoms. The van der Waals surface area contributed by atoms with Crippen LogP contribution in [0.15, 0.2) is 36.0 Å². The number of nitrogens with zero attached hydrogens (tertiary/aromatic N) is 3. The second-order valence-electron chi connectivity index (χ2n) is 5.12. The van der Waals surface area contributed by atoms with Crippen molar-refractivity contribution < 1.29 is 14.3 Å². The lowest BCUT2D eigenvalue weighted by Gasteiger charge is -2.13. The van der Waals surface area contributed by atoms with Crippen molar-refractivity contribution in [3.05, 3.63) is 42.2 Å². The zero-order chi connectivity index (χ0) is 17.7. The Morgan fingerprint density at radius 3 is 2.67 bits per heavy atom. The van der Waals surface area contributed by atoms with Crippen molar-refractivity contribution in [2.45, 2.75) is 30.8 Å². The first-order chi connectivity index (χ1) is 11.5. The summed E-state index contributed by atoms with van der Waals surface area (Å²) in [6.45, 7) is 8.08. The first-order valence-corrected chi connectivity index (χ1v) is 8.33. The minimum Gasteiger partial charge on any atom is -0.493 e. The summed E-state index contributed by atoms with van der Waals surface area (Å²) >= 11 is 1.38. The molecule has 0 saturated heterocycles. The second-order valence-corrected chi connectivity index (χ2v) is 6.43. The number of carbonyl (C=O) groups is 1. The number of ketones is 1. The van der Waals surface area contributed by atoms with Crippen LogP contribution < -0.4 is 9.47 Å². The third kappa shape index (κ3) is 3.79. The monoisotopic (exact) mass is 347 g/mol. The number of ether oxygens (including phenoxy) is 2.